The molecule has 0 bridgehead atoms. The molecule has 0 unspecified atom stereocenters. The van der Waals surface area contributed by atoms with E-state index in [1.165, 1.54) is 17.0 Å². The molecule has 0 atom stereocenters. The maximum atomic E-state index is 13.3. The molecular formula is C12H11BrFNO3. The number of carboxylic acids is 1. The number of aliphatic carboxylic acids is 1. The summed E-state index contributed by atoms with van der Waals surface area (Å²) < 4.78 is 13.6. The third-order valence-corrected chi connectivity index (χ3v) is 3.36. The Bertz CT molecular complexity index is 502. The molecule has 1 amide bonds. The summed E-state index contributed by atoms with van der Waals surface area (Å²) in [6, 6.07) is 4.01. The summed E-state index contributed by atoms with van der Waals surface area (Å²) in [5.41, 5.74) is 0.170. The first-order valence-electron chi connectivity index (χ1n) is 5.47. The molecule has 18 heavy (non-hydrogen) atoms. The second-order valence-electron chi connectivity index (χ2n) is 4.19. The molecule has 4 nitrogen and oxygen atoms in total. The van der Waals surface area contributed by atoms with E-state index in [4.69, 9.17) is 5.11 Å². The summed E-state index contributed by atoms with van der Waals surface area (Å²) in [4.78, 5) is 24.1. The summed E-state index contributed by atoms with van der Waals surface area (Å²) >= 11 is 3.00. The van der Waals surface area contributed by atoms with Crippen molar-refractivity contribution in [2.45, 2.75) is 18.9 Å². The van der Waals surface area contributed by atoms with Gasteiger partial charge < -0.3 is 10.0 Å². The van der Waals surface area contributed by atoms with Crippen molar-refractivity contribution in [3.8, 4) is 0 Å². The van der Waals surface area contributed by atoms with Gasteiger partial charge in [-0.15, -0.1) is 0 Å². The highest BCUT2D eigenvalue weighted by Crippen LogP contribution is 2.28. The maximum absolute atomic E-state index is 13.3. The van der Waals surface area contributed by atoms with E-state index in [2.05, 4.69) is 15.9 Å². The van der Waals surface area contributed by atoms with E-state index in [0.717, 1.165) is 18.9 Å². The molecule has 96 valence electrons. The molecule has 0 radical (unpaired) electrons. The maximum Gasteiger partial charge on any atom is 0.323 e. The highest BCUT2D eigenvalue weighted by molar-refractivity contribution is 9.10. The van der Waals surface area contributed by atoms with Crippen LogP contribution in [-0.2, 0) is 4.79 Å². The molecule has 1 aliphatic carbocycles. The first kappa shape index (κ1) is 13.0. The van der Waals surface area contributed by atoms with Crippen LogP contribution in [-0.4, -0.2) is 34.5 Å². The Balaban J connectivity index is 2.21. The smallest absolute Gasteiger partial charge is 0.323 e. The van der Waals surface area contributed by atoms with Crippen molar-refractivity contribution < 1.29 is 19.1 Å². The van der Waals surface area contributed by atoms with Crippen molar-refractivity contribution in [1.29, 1.82) is 0 Å². The molecule has 0 saturated heterocycles. The third kappa shape index (κ3) is 2.87. The summed E-state index contributed by atoms with van der Waals surface area (Å²) in [5, 5.41) is 8.78. The zero-order chi connectivity index (χ0) is 13.3. The fraction of sp³-hybridized carbons (Fsp3) is 0.333. The van der Waals surface area contributed by atoms with Crippen LogP contribution in [0.15, 0.2) is 22.7 Å². The minimum atomic E-state index is -1.06. The number of carbonyl (C=O) groups is 2. The van der Waals surface area contributed by atoms with Gasteiger partial charge in [0, 0.05) is 11.6 Å². The Hall–Kier alpha value is -1.43. The molecular weight excluding hydrogens is 305 g/mol. The molecule has 1 aromatic carbocycles. The number of hydrogen-bond acceptors (Lipinski definition) is 2. The van der Waals surface area contributed by atoms with Crippen LogP contribution in [0.5, 0.6) is 0 Å². The van der Waals surface area contributed by atoms with Crippen LogP contribution < -0.4 is 0 Å². The number of nitrogens with zero attached hydrogens (tertiary/aromatic N) is 1. The van der Waals surface area contributed by atoms with Gasteiger partial charge in [-0.1, -0.05) is 0 Å². The molecule has 1 N–H and O–H groups in total. The SMILES string of the molecule is O=C(O)CN(C(=O)c1ccc(Br)c(F)c1)C1CC1. The van der Waals surface area contributed by atoms with Gasteiger partial charge in [-0.3, -0.25) is 9.59 Å². The Morgan fingerprint density at radius 2 is 2.11 bits per heavy atom. The van der Waals surface area contributed by atoms with Gasteiger partial charge in [0.15, 0.2) is 0 Å². The second kappa shape index (κ2) is 5.06. The molecule has 0 aromatic heterocycles. The van der Waals surface area contributed by atoms with Crippen molar-refractivity contribution in [1.82, 2.24) is 4.90 Å². The number of amides is 1. The summed E-state index contributed by atoms with van der Waals surface area (Å²) in [7, 11) is 0. The van der Waals surface area contributed by atoms with Gasteiger partial charge in [-0.2, -0.15) is 0 Å². The van der Waals surface area contributed by atoms with Gasteiger partial charge >= 0.3 is 5.97 Å². The molecule has 2 rings (SSSR count). The van der Waals surface area contributed by atoms with Crippen LogP contribution in [0.2, 0.25) is 0 Å². The highest BCUT2D eigenvalue weighted by atomic mass is 79.9. The van der Waals surface area contributed by atoms with Gasteiger partial charge in [0.25, 0.3) is 5.91 Å². The summed E-state index contributed by atoms with van der Waals surface area (Å²) in [5.74, 6) is -2.04. The summed E-state index contributed by atoms with van der Waals surface area (Å²) in [6.07, 6.45) is 1.61. The first-order valence-corrected chi connectivity index (χ1v) is 6.26. The number of hydrogen-bond donors (Lipinski definition) is 1. The van der Waals surface area contributed by atoms with Crippen molar-refractivity contribution in [2.75, 3.05) is 6.54 Å². The predicted molar refractivity (Wildman–Crippen MR) is 65.8 cm³/mol. The van der Waals surface area contributed by atoms with E-state index in [1.54, 1.807) is 0 Å². The third-order valence-electron chi connectivity index (χ3n) is 2.72. The van der Waals surface area contributed by atoms with Crippen LogP contribution in [0, 0.1) is 5.82 Å². The van der Waals surface area contributed by atoms with E-state index >= 15 is 0 Å². The van der Waals surface area contributed by atoms with E-state index in [0.29, 0.717) is 0 Å². The standard InChI is InChI=1S/C12H11BrFNO3/c13-9-4-1-7(5-10(9)14)12(18)15(6-11(16)17)8-2-3-8/h1,4-5,8H,2-3,6H2,(H,16,17). The highest BCUT2D eigenvalue weighted by Gasteiger charge is 2.34. The number of benzene rings is 1. The minimum Gasteiger partial charge on any atom is -0.480 e. The van der Waals surface area contributed by atoms with E-state index in [1.807, 2.05) is 0 Å². The number of rotatable bonds is 4. The van der Waals surface area contributed by atoms with E-state index in [9.17, 15) is 14.0 Å². The second-order valence-corrected chi connectivity index (χ2v) is 5.04. The average Bonchev–Trinajstić information content (AvgIpc) is 3.12. The molecule has 1 aromatic rings. The van der Waals surface area contributed by atoms with Crippen molar-refractivity contribution in [3.05, 3.63) is 34.1 Å². The Morgan fingerprint density at radius 3 is 2.61 bits per heavy atom. The van der Waals surface area contributed by atoms with Gasteiger partial charge in [0.1, 0.15) is 12.4 Å². The fourth-order valence-corrected chi connectivity index (χ4v) is 1.94. The summed E-state index contributed by atoms with van der Waals surface area (Å²) in [6.45, 7) is -0.346. The van der Waals surface area contributed by atoms with Crippen molar-refractivity contribution in [2.24, 2.45) is 0 Å². The normalized spacial score (nSPS) is 14.3. The van der Waals surface area contributed by atoms with Crippen molar-refractivity contribution in [3.63, 3.8) is 0 Å². The van der Waals surface area contributed by atoms with Crippen LogP contribution in [0.25, 0.3) is 0 Å². The molecule has 0 spiro atoms. The van der Waals surface area contributed by atoms with Gasteiger partial charge in [-0.25, -0.2) is 4.39 Å². The average molecular weight is 316 g/mol. The van der Waals surface area contributed by atoms with E-state index < -0.39 is 17.7 Å². The Morgan fingerprint density at radius 1 is 1.44 bits per heavy atom. The van der Waals surface area contributed by atoms with Crippen molar-refractivity contribution >= 4 is 27.8 Å². The predicted octanol–water partition coefficient (Wildman–Crippen LogP) is 2.28. The zero-order valence-corrected chi connectivity index (χ0v) is 11.0. The largest absolute Gasteiger partial charge is 0.480 e. The van der Waals surface area contributed by atoms with Crippen LogP contribution in [0.1, 0.15) is 23.2 Å². The lowest BCUT2D eigenvalue weighted by molar-refractivity contribution is -0.137. The number of carboxylic acid groups (broad SMARTS) is 1. The molecule has 1 saturated carbocycles. The van der Waals surface area contributed by atoms with Crippen LogP contribution in [0.3, 0.4) is 0 Å². The van der Waals surface area contributed by atoms with Gasteiger partial charge in [-0.05, 0) is 47.0 Å². The van der Waals surface area contributed by atoms with Gasteiger partial charge in [0.2, 0.25) is 0 Å². The monoisotopic (exact) mass is 315 g/mol. The van der Waals surface area contributed by atoms with Gasteiger partial charge in [0.05, 0.1) is 4.47 Å². The quantitative estimate of drug-likeness (QED) is 0.927. The van der Waals surface area contributed by atoms with Crippen LogP contribution in [0.4, 0.5) is 4.39 Å². The number of halogens is 2. The zero-order valence-electron chi connectivity index (χ0n) is 9.40. The van der Waals surface area contributed by atoms with E-state index in [-0.39, 0.29) is 22.6 Å². The minimum absolute atomic E-state index is 0.0275. The molecule has 0 aliphatic heterocycles. The van der Waals surface area contributed by atoms with Crippen LogP contribution >= 0.6 is 15.9 Å². The number of carbonyl (C=O) groups excluding carboxylic acids is 1. The molecule has 1 fully saturated rings. The lowest BCUT2D eigenvalue weighted by Crippen LogP contribution is -2.37. The Kier molecular flexibility index (Phi) is 3.65. The molecule has 0 heterocycles. The molecule has 1 aliphatic rings. The fourth-order valence-electron chi connectivity index (χ4n) is 1.69. The Labute approximate surface area is 112 Å². The topological polar surface area (TPSA) is 57.6 Å². The molecule has 6 heteroatoms. The lowest BCUT2D eigenvalue weighted by atomic mass is 10.2. The lowest BCUT2D eigenvalue weighted by Gasteiger charge is -2.20. The first-order chi connectivity index (χ1) is 8.49.